The molecule has 1 atom stereocenters. The van der Waals surface area contributed by atoms with E-state index in [2.05, 4.69) is 10.6 Å². The molecule has 2 N–H and O–H groups in total. The van der Waals surface area contributed by atoms with E-state index in [1.807, 2.05) is 0 Å². The van der Waals surface area contributed by atoms with Gasteiger partial charge in [0, 0.05) is 5.54 Å². The first kappa shape index (κ1) is 17.7. The average molecular weight is 350 g/mol. The number of alkyl halides is 3. The Morgan fingerprint density at radius 1 is 1.30 bits per heavy atom. The minimum atomic E-state index is -4.57. The molecule has 0 aliphatic carbocycles. The molecule has 0 aromatic heterocycles. The lowest BCUT2D eigenvalue weighted by Gasteiger charge is -2.23. The zero-order valence-corrected chi connectivity index (χ0v) is 13.2. The number of hydrogen-bond acceptors (Lipinski definition) is 4. The van der Waals surface area contributed by atoms with Crippen LogP contribution in [-0.2, 0) is 20.8 Å². The largest absolute Gasteiger partial charge is 0.418 e. The van der Waals surface area contributed by atoms with E-state index < -0.39 is 33.0 Å². The van der Waals surface area contributed by atoms with Gasteiger partial charge in [-0.15, -0.1) is 0 Å². The highest BCUT2D eigenvalue weighted by molar-refractivity contribution is 7.91. The third-order valence-corrected chi connectivity index (χ3v) is 5.59. The van der Waals surface area contributed by atoms with Crippen molar-refractivity contribution in [3.63, 3.8) is 0 Å². The van der Waals surface area contributed by atoms with Gasteiger partial charge in [-0.2, -0.15) is 13.2 Å². The maximum Gasteiger partial charge on any atom is 0.418 e. The smallest absolute Gasteiger partial charge is 0.324 e. The van der Waals surface area contributed by atoms with Crippen molar-refractivity contribution in [2.24, 2.45) is 0 Å². The Morgan fingerprint density at radius 3 is 2.52 bits per heavy atom. The Hall–Kier alpha value is -1.61. The number of nitrogens with one attached hydrogen (secondary N) is 2. The zero-order chi connectivity index (χ0) is 17.3. The summed E-state index contributed by atoms with van der Waals surface area (Å²) >= 11 is 0. The van der Waals surface area contributed by atoms with Crippen molar-refractivity contribution in [1.82, 2.24) is 5.32 Å². The number of carbonyl (C=O) groups is 1. The number of carbonyl (C=O) groups excluding carboxylic acids is 1. The number of sulfone groups is 1. The van der Waals surface area contributed by atoms with Crippen LogP contribution in [0.1, 0.15) is 18.9 Å². The molecule has 1 aromatic carbocycles. The van der Waals surface area contributed by atoms with E-state index in [4.69, 9.17) is 0 Å². The Balaban J connectivity index is 1.99. The van der Waals surface area contributed by atoms with Crippen LogP contribution in [0.5, 0.6) is 0 Å². The molecule has 1 aliphatic heterocycles. The van der Waals surface area contributed by atoms with Gasteiger partial charge in [0.2, 0.25) is 5.91 Å². The first-order valence-electron chi connectivity index (χ1n) is 6.92. The van der Waals surface area contributed by atoms with Crippen LogP contribution in [0.15, 0.2) is 24.3 Å². The van der Waals surface area contributed by atoms with Gasteiger partial charge in [-0.25, -0.2) is 8.42 Å². The molecule has 128 valence electrons. The van der Waals surface area contributed by atoms with Gasteiger partial charge in [-0.05, 0) is 25.5 Å². The topological polar surface area (TPSA) is 75.3 Å². The predicted octanol–water partition coefficient (Wildman–Crippen LogP) is 1.81. The van der Waals surface area contributed by atoms with Crippen molar-refractivity contribution in [3.05, 3.63) is 29.8 Å². The number of benzene rings is 1. The molecule has 0 spiro atoms. The summed E-state index contributed by atoms with van der Waals surface area (Å²) in [6, 6.07) is 4.68. The summed E-state index contributed by atoms with van der Waals surface area (Å²) in [5.41, 5.74) is -1.99. The van der Waals surface area contributed by atoms with Crippen LogP contribution < -0.4 is 10.6 Å². The first-order valence-corrected chi connectivity index (χ1v) is 8.74. The fourth-order valence-electron chi connectivity index (χ4n) is 2.48. The van der Waals surface area contributed by atoms with Crippen molar-refractivity contribution in [2.75, 3.05) is 23.4 Å². The molecule has 1 fully saturated rings. The van der Waals surface area contributed by atoms with Gasteiger partial charge in [0.25, 0.3) is 0 Å². The van der Waals surface area contributed by atoms with E-state index in [1.54, 1.807) is 6.92 Å². The Bertz CT molecular complexity index is 703. The average Bonchev–Trinajstić information content (AvgIpc) is 2.71. The molecule has 1 amide bonds. The lowest BCUT2D eigenvalue weighted by atomic mass is 10.0. The van der Waals surface area contributed by atoms with Gasteiger partial charge < -0.3 is 10.6 Å². The zero-order valence-electron chi connectivity index (χ0n) is 12.4. The highest BCUT2D eigenvalue weighted by Gasteiger charge is 2.38. The van der Waals surface area contributed by atoms with Crippen molar-refractivity contribution in [2.45, 2.75) is 25.1 Å². The lowest BCUT2D eigenvalue weighted by molar-refractivity contribution is -0.137. The number of hydrogen-bond donors (Lipinski definition) is 2. The van der Waals surface area contributed by atoms with Crippen molar-refractivity contribution in [3.8, 4) is 0 Å². The fourth-order valence-corrected chi connectivity index (χ4v) is 4.60. The molecule has 23 heavy (non-hydrogen) atoms. The molecule has 0 radical (unpaired) electrons. The summed E-state index contributed by atoms with van der Waals surface area (Å²) in [5, 5.41) is 5.03. The molecule has 0 saturated carbocycles. The summed E-state index contributed by atoms with van der Waals surface area (Å²) in [6.45, 7) is 1.41. The standard InChI is InChI=1S/C14H17F3N2O3S/c1-13(6-7-23(21,22)9-13)18-8-12(20)19-11-5-3-2-4-10(11)14(15,16)17/h2-5,18H,6-9H2,1H3,(H,19,20). The molecule has 0 bridgehead atoms. The maximum absolute atomic E-state index is 12.8. The minimum absolute atomic E-state index is 0.0367. The van der Waals surface area contributed by atoms with E-state index >= 15 is 0 Å². The van der Waals surface area contributed by atoms with Crippen molar-refractivity contribution < 1.29 is 26.4 Å². The molecule has 2 rings (SSSR count). The molecular weight excluding hydrogens is 333 g/mol. The molecule has 1 aliphatic rings. The second-order valence-electron chi connectivity index (χ2n) is 5.85. The Morgan fingerprint density at radius 2 is 1.96 bits per heavy atom. The second kappa shape index (κ2) is 6.12. The van der Waals surface area contributed by atoms with Crippen LogP contribution >= 0.6 is 0 Å². The number of anilines is 1. The molecule has 9 heteroatoms. The van der Waals surface area contributed by atoms with E-state index in [-0.39, 0.29) is 23.7 Å². The first-order chi connectivity index (χ1) is 10.5. The summed E-state index contributed by atoms with van der Waals surface area (Å²) in [6.07, 6.45) is -4.20. The van der Waals surface area contributed by atoms with E-state index in [1.165, 1.54) is 18.2 Å². The van der Waals surface area contributed by atoms with Crippen LogP contribution in [0.2, 0.25) is 0 Å². The summed E-state index contributed by atoms with van der Waals surface area (Å²) in [7, 11) is -3.13. The predicted molar refractivity (Wildman–Crippen MR) is 79.8 cm³/mol. The third kappa shape index (κ3) is 4.68. The molecule has 5 nitrogen and oxygen atoms in total. The summed E-state index contributed by atoms with van der Waals surface area (Å²) in [4.78, 5) is 11.9. The van der Waals surface area contributed by atoms with Crippen molar-refractivity contribution in [1.29, 1.82) is 0 Å². The quantitative estimate of drug-likeness (QED) is 0.868. The van der Waals surface area contributed by atoms with Gasteiger partial charge in [0.15, 0.2) is 9.84 Å². The van der Waals surface area contributed by atoms with Crippen LogP contribution in [0.4, 0.5) is 18.9 Å². The Labute approximate surface area is 132 Å². The van der Waals surface area contributed by atoms with Gasteiger partial charge >= 0.3 is 6.18 Å². The monoisotopic (exact) mass is 350 g/mol. The van der Waals surface area contributed by atoms with E-state index in [0.29, 0.717) is 6.42 Å². The highest BCUT2D eigenvalue weighted by Crippen LogP contribution is 2.34. The van der Waals surface area contributed by atoms with Crippen molar-refractivity contribution >= 4 is 21.4 Å². The van der Waals surface area contributed by atoms with E-state index in [0.717, 1.165) is 6.07 Å². The normalized spacial score (nSPS) is 23.7. The maximum atomic E-state index is 12.8. The molecule has 1 aromatic rings. The van der Waals surface area contributed by atoms with Gasteiger partial charge in [-0.3, -0.25) is 4.79 Å². The SMILES string of the molecule is CC1(NCC(=O)Nc2ccccc2C(F)(F)F)CCS(=O)(=O)C1. The van der Waals surface area contributed by atoms with Crippen LogP contribution in [-0.4, -0.2) is 37.9 Å². The summed E-state index contributed by atoms with van der Waals surface area (Å²) < 4.78 is 61.5. The molecule has 1 unspecified atom stereocenters. The van der Waals surface area contributed by atoms with Gasteiger partial charge in [0.05, 0.1) is 29.3 Å². The van der Waals surface area contributed by atoms with Crippen LogP contribution in [0, 0.1) is 0 Å². The molecule has 1 heterocycles. The number of rotatable bonds is 4. The highest BCUT2D eigenvalue weighted by atomic mass is 32.2. The number of para-hydroxylation sites is 1. The van der Waals surface area contributed by atoms with Gasteiger partial charge in [-0.1, -0.05) is 12.1 Å². The minimum Gasteiger partial charge on any atom is -0.324 e. The number of amides is 1. The van der Waals surface area contributed by atoms with Gasteiger partial charge in [0.1, 0.15) is 0 Å². The lowest BCUT2D eigenvalue weighted by Crippen LogP contribution is -2.46. The Kier molecular flexibility index (Phi) is 4.72. The third-order valence-electron chi connectivity index (χ3n) is 3.69. The van der Waals surface area contributed by atoms with Crippen LogP contribution in [0.3, 0.4) is 0 Å². The molecular formula is C14H17F3N2O3S. The second-order valence-corrected chi connectivity index (χ2v) is 8.03. The number of halogens is 3. The van der Waals surface area contributed by atoms with E-state index in [9.17, 15) is 26.4 Å². The van der Waals surface area contributed by atoms with Crippen LogP contribution in [0.25, 0.3) is 0 Å². The fraction of sp³-hybridized carbons (Fsp3) is 0.500. The molecule has 1 saturated heterocycles. The summed E-state index contributed by atoms with van der Waals surface area (Å²) in [5.74, 6) is -0.714.